The second-order valence-corrected chi connectivity index (χ2v) is 24.5. The smallest absolute Gasteiger partial charge is 0.178 e. The van der Waals surface area contributed by atoms with E-state index >= 15 is 0 Å². The van der Waals surface area contributed by atoms with Gasteiger partial charge in [-0.05, 0) is 142 Å². The zero-order valence-corrected chi connectivity index (χ0v) is 52.4. The first kappa shape index (κ1) is 63.2. The first-order chi connectivity index (χ1) is 41.1. The van der Waals surface area contributed by atoms with Crippen LogP contribution >= 0.6 is 0 Å². The summed E-state index contributed by atoms with van der Waals surface area (Å²) < 4.78 is 22.6. The molecule has 83 heavy (non-hydrogen) atoms. The first-order valence-electron chi connectivity index (χ1n) is 34.3. The van der Waals surface area contributed by atoms with Crippen molar-refractivity contribution < 1.29 is 14.2 Å². The highest BCUT2D eigenvalue weighted by Crippen LogP contribution is 2.52. The molecule has 444 valence electrons. The Morgan fingerprint density at radius 3 is 0.771 bits per heavy atom. The molecule has 0 saturated carbocycles. The molecule has 0 bridgehead atoms. The van der Waals surface area contributed by atoms with Gasteiger partial charge in [0, 0.05) is 10.8 Å². The van der Waals surface area contributed by atoms with Crippen molar-refractivity contribution in [3.63, 3.8) is 0 Å². The average molecular weight is 1120 g/mol. The topological polar surface area (TPSA) is 27.7 Å². The van der Waals surface area contributed by atoms with E-state index in [2.05, 4.69) is 161 Å². The number of ether oxygens (including phenoxy) is 3. The Morgan fingerprint density at radius 1 is 0.217 bits per heavy atom. The number of hydrogen-bond donors (Lipinski definition) is 0. The van der Waals surface area contributed by atoms with Crippen LogP contribution in [0.25, 0.3) is 43.1 Å². The zero-order chi connectivity index (χ0) is 57.5. The molecule has 8 rings (SSSR count). The Labute approximate surface area is 503 Å². The minimum Gasteiger partial charge on any atom is -0.453 e. The van der Waals surface area contributed by atoms with Gasteiger partial charge in [0.1, 0.15) is 11.5 Å². The highest BCUT2D eigenvalue weighted by molar-refractivity contribution is 6.11. The molecule has 0 aliphatic rings. The van der Waals surface area contributed by atoms with E-state index in [1.807, 2.05) is 0 Å². The first-order valence-corrected chi connectivity index (χ1v) is 34.3. The SMILES string of the molecule is CCCCCCCCCCc1c2ccccc2c(CCCCCCCCCC)c2c(Oc3c(Oc4ccccc4)ccc4c(CCCCCCCCCC)c5ccccc5c(CCCCCCCCCC)c34)c(Oc3ccccc3)ccc12. The van der Waals surface area contributed by atoms with Crippen molar-refractivity contribution in [3.05, 3.63) is 156 Å². The fraction of sp³-hybridized carbons (Fsp3) is 0.500. The number of para-hydroxylation sites is 2. The summed E-state index contributed by atoms with van der Waals surface area (Å²) in [6.07, 6.45) is 45.2. The van der Waals surface area contributed by atoms with E-state index in [1.54, 1.807) is 0 Å². The standard InChI is InChI=1S/C80H106O3/c1-5-9-13-17-21-25-29-39-51-69-65-53-43-45-55-67(65)71(57-41-31-27-23-19-15-11-7-3)77-73(69)59-61-75(81-63-47-35-33-36-48-63)79(77)83-80-76(82-64-49-37-34-38-50-64)62-60-74-70(52-40-30-26-22-18-14-10-6-2)66-54-44-46-56-68(66)72(78(74)80)58-42-32-28-24-20-16-12-8-4/h33-38,43-50,53-56,59-62H,5-32,39-42,51-52,57-58H2,1-4H3. The van der Waals surface area contributed by atoms with Crippen LogP contribution in [-0.4, -0.2) is 0 Å². The van der Waals surface area contributed by atoms with Gasteiger partial charge in [-0.25, -0.2) is 0 Å². The molecule has 0 heterocycles. The molecule has 0 fully saturated rings. The molecule has 0 aromatic heterocycles. The average Bonchev–Trinajstić information content (AvgIpc) is 3.37. The summed E-state index contributed by atoms with van der Waals surface area (Å²) in [6, 6.07) is 48.7. The molecular weight excluding hydrogens is 1010 g/mol. The van der Waals surface area contributed by atoms with Crippen molar-refractivity contribution >= 4 is 43.1 Å². The van der Waals surface area contributed by atoms with Crippen molar-refractivity contribution in [1.82, 2.24) is 0 Å². The Hall–Kier alpha value is -5.80. The van der Waals surface area contributed by atoms with E-state index in [1.165, 1.54) is 245 Å². The highest BCUT2D eigenvalue weighted by atomic mass is 16.5. The Bertz CT molecular complexity index is 2910. The maximum Gasteiger partial charge on any atom is 0.178 e. The summed E-state index contributed by atoms with van der Waals surface area (Å²) in [5.74, 6) is 4.67. The van der Waals surface area contributed by atoms with E-state index in [0.717, 1.165) is 85.9 Å². The van der Waals surface area contributed by atoms with Crippen molar-refractivity contribution in [2.45, 2.75) is 259 Å². The van der Waals surface area contributed by atoms with Crippen molar-refractivity contribution in [2.24, 2.45) is 0 Å². The van der Waals surface area contributed by atoms with Crippen LogP contribution in [0.5, 0.6) is 34.5 Å². The van der Waals surface area contributed by atoms with Crippen LogP contribution in [-0.2, 0) is 25.7 Å². The number of benzene rings is 8. The predicted octanol–water partition coefficient (Wildman–Crippen LogP) is 26.4. The summed E-state index contributed by atoms with van der Waals surface area (Å²) in [5.41, 5.74) is 5.62. The molecule has 0 radical (unpaired) electrons. The lowest BCUT2D eigenvalue weighted by Gasteiger charge is -2.25. The molecule has 3 nitrogen and oxygen atoms in total. The lowest BCUT2D eigenvalue weighted by atomic mass is 9.86. The molecular formula is C80H106O3. The van der Waals surface area contributed by atoms with E-state index in [0.29, 0.717) is 0 Å². The molecule has 0 saturated heterocycles. The van der Waals surface area contributed by atoms with Gasteiger partial charge in [-0.15, -0.1) is 0 Å². The Kier molecular flexibility index (Phi) is 27.5. The third-order valence-corrected chi connectivity index (χ3v) is 17.9. The number of rotatable bonds is 42. The molecule has 0 unspecified atom stereocenters. The number of hydrogen-bond acceptors (Lipinski definition) is 3. The normalized spacial score (nSPS) is 11.7. The second-order valence-electron chi connectivity index (χ2n) is 24.5. The third kappa shape index (κ3) is 18.6. The molecule has 8 aromatic carbocycles. The van der Waals surface area contributed by atoms with Gasteiger partial charge in [0.2, 0.25) is 0 Å². The molecule has 0 aliphatic carbocycles. The van der Waals surface area contributed by atoms with Crippen LogP contribution in [0.3, 0.4) is 0 Å². The van der Waals surface area contributed by atoms with Gasteiger partial charge in [-0.1, -0.05) is 305 Å². The van der Waals surface area contributed by atoms with E-state index in [-0.39, 0.29) is 0 Å². The molecule has 0 spiro atoms. The van der Waals surface area contributed by atoms with Crippen LogP contribution in [0.2, 0.25) is 0 Å². The fourth-order valence-electron chi connectivity index (χ4n) is 13.3. The largest absolute Gasteiger partial charge is 0.453 e. The Morgan fingerprint density at radius 2 is 0.470 bits per heavy atom. The van der Waals surface area contributed by atoms with Crippen LogP contribution in [0, 0.1) is 0 Å². The quantitative estimate of drug-likeness (QED) is 0.0282. The second kappa shape index (κ2) is 36.1. The predicted molar refractivity (Wildman–Crippen MR) is 361 cm³/mol. The number of fused-ring (bicyclic) bond motifs is 4. The maximum absolute atomic E-state index is 8.20. The summed E-state index contributed by atoms with van der Waals surface area (Å²) in [7, 11) is 0. The Balaban J connectivity index is 1.34. The van der Waals surface area contributed by atoms with Gasteiger partial charge < -0.3 is 14.2 Å². The lowest BCUT2D eigenvalue weighted by Crippen LogP contribution is -2.03. The van der Waals surface area contributed by atoms with Gasteiger partial charge in [0.15, 0.2) is 23.0 Å². The van der Waals surface area contributed by atoms with Gasteiger partial charge in [-0.2, -0.15) is 0 Å². The molecule has 0 atom stereocenters. The van der Waals surface area contributed by atoms with Crippen molar-refractivity contribution in [2.75, 3.05) is 0 Å². The lowest BCUT2D eigenvalue weighted by molar-refractivity contribution is 0.400. The highest BCUT2D eigenvalue weighted by Gasteiger charge is 2.27. The molecule has 0 N–H and O–H groups in total. The maximum atomic E-state index is 8.20. The van der Waals surface area contributed by atoms with Crippen LogP contribution in [0.15, 0.2) is 133 Å². The number of unbranched alkanes of at least 4 members (excludes halogenated alkanes) is 28. The van der Waals surface area contributed by atoms with Crippen LogP contribution < -0.4 is 14.2 Å². The summed E-state index contributed by atoms with van der Waals surface area (Å²) in [5, 5.41) is 10.5. The van der Waals surface area contributed by atoms with Gasteiger partial charge in [0.25, 0.3) is 0 Å². The molecule has 8 aromatic rings. The zero-order valence-electron chi connectivity index (χ0n) is 52.4. The van der Waals surface area contributed by atoms with Crippen molar-refractivity contribution in [3.8, 4) is 34.5 Å². The molecule has 0 amide bonds. The van der Waals surface area contributed by atoms with E-state index < -0.39 is 0 Å². The summed E-state index contributed by atoms with van der Waals surface area (Å²) >= 11 is 0. The van der Waals surface area contributed by atoms with Crippen LogP contribution in [0.4, 0.5) is 0 Å². The minimum absolute atomic E-state index is 0.737. The van der Waals surface area contributed by atoms with Gasteiger partial charge in [0.05, 0.1) is 0 Å². The molecule has 3 heteroatoms. The summed E-state index contributed by atoms with van der Waals surface area (Å²) in [4.78, 5) is 0. The van der Waals surface area contributed by atoms with Crippen LogP contribution in [0.1, 0.15) is 255 Å². The minimum atomic E-state index is 0.737. The van der Waals surface area contributed by atoms with Gasteiger partial charge in [-0.3, -0.25) is 0 Å². The van der Waals surface area contributed by atoms with Gasteiger partial charge >= 0.3 is 0 Å². The third-order valence-electron chi connectivity index (χ3n) is 17.9. The fourth-order valence-corrected chi connectivity index (χ4v) is 13.3. The number of aryl methyl sites for hydroxylation is 4. The van der Waals surface area contributed by atoms with Crippen molar-refractivity contribution in [1.29, 1.82) is 0 Å². The molecule has 0 aliphatic heterocycles. The van der Waals surface area contributed by atoms with E-state index in [9.17, 15) is 0 Å². The summed E-state index contributed by atoms with van der Waals surface area (Å²) in [6.45, 7) is 9.26. The van der Waals surface area contributed by atoms with E-state index in [4.69, 9.17) is 14.2 Å². The monoisotopic (exact) mass is 1110 g/mol.